The first kappa shape index (κ1) is 36.7. The summed E-state index contributed by atoms with van der Waals surface area (Å²) in [6.07, 6.45) is 20.6. The molecule has 2 saturated heterocycles. The summed E-state index contributed by atoms with van der Waals surface area (Å²) in [5, 5.41) is 11.0. The van der Waals surface area contributed by atoms with Crippen molar-refractivity contribution in [3.05, 3.63) is 35.9 Å². The molecule has 5 nitrogen and oxygen atoms in total. The van der Waals surface area contributed by atoms with Crippen LogP contribution in [0, 0.1) is 0 Å². The number of aliphatic hydroxyl groups excluding tert-OH is 1. The zero-order valence-electron chi connectivity index (χ0n) is 28.5. The van der Waals surface area contributed by atoms with Crippen LogP contribution in [-0.4, -0.2) is 57.2 Å². The average Bonchev–Trinajstić information content (AvgIpc) is 3.66. The van der Waals surface area contributed by atoms with E-state index in [-0.39, 0.29) is 35.6 Å². The number of unbranched alkanes of at least 4 members (excludes halogenated alkanes) is 11. The zero-order valence-corrected chi connectivity index (χ0v) is 29.5. The molecule has 43 heavy (non-hydrogen) atoms. The topological polar surface area (TPSA) is 57.2 Å². The Hall–Kier alpha value is -0.763. The highest BCUT2D eigenvalue weighted by Gasteiger charge is 2.41. The summed E-state index contributed by atoms with van der Waals surface area (Å²) in [7, 11) is -1.74. The van der Waals surface area contributed by atoms with Gasteiger partial charge >= 0.3 is 0 Å². The van der Waals surface area contributed by atoms with Crippen molar-refractivity contribution >= 4 is 8.32 Å². The maximum absolute atomic E-state index is 10.8. The Morgan fingerprint density at radius 1 is 0.767 bits per heavy atom. The minimum absolute atomic E-state index is 0.0158. The maximum Gasteiger partial charge on any atom is 0.192 e. The summed E-state index contributed by atoms with van der Waals surface area (Å²) in [5.74, 6) is 0. The predicted octanol–water partition coefficient (Wildman–Crippen LogP) is 9.75. The van der Waals surface area contributed by atoms with Gasteiger partial charge in [0, 0.05) is 6.61 Å². The molecule has 0 saturated carbocycles. The molecule has 0 aromatic heterocycles. The van der Waals surface area contributed by atoms with Gasteiger partial charge in [0.05, 0.1) is 43.7 Å². The van der Waals surface area contributed by atoms with Crippen molar-refractivity contribution < 1.29 is 23.7 Å². The van der Waals surface area contributed by atoms with E-state index in [4.69, 9.17) is 18.6 Å². The van der Waals surface area contributed by atoms with Crippen molar-refractivity contribution in [2.75, 3.05) is 13.2 Å². The summed E-state index contributed by atoms with van der Waals surface area (Å²) in [4.78, 5) is 0. The van der Waals surface area contributed by atoms with Gasteiger partial charge in [0.1, 0.15) is 0 Å². The van der Waals surface area contributed by atoms with Crippen LogP contribution in [0.15, 0.2) is 30.3 Å². The number of hydrogen-bond donors (Lipinski definition) is 1. The van der Waals surface area contributed by atoms with Crippen molar-refractivity contribution in [3.63, 3.8) is 0 Å². The van der Waals surface area contributed by atoms with E-state index in [0.717, 1.165) is 51.7 Å². The standard InChI is InChI=1S/C37H66O5Si/c1-37(2,3)43(4,5)40-30-32-24-25-35(41-32)36-27-26-34(42-36)33(38)23-19-14-12-10-8-6-7-9-11-13-15-20-28-39-29-31-21-17-16-18-22-31/h16-18,21-22,32-36,38H,6-15,19-20,23-30H2,1-5H3/t32-,33-,34-,35-,36-/m1/s1. The van der Waals surface area contributed by atoms with Gasteiger partial charge < -0.3 is 23.7 Å². The number of hydrogen-bond acceptors (Lipinski definition) is 5. The molecule has 2 aliphatic rings. The number of benzene rings is 1. The molecule has 2 fully saturated rings. The lowest BCUT2D eigenvalue weighted by molar-refractivity contribution is -0.0975. The third-order valence-electron chi connectivity index (χ3n) is 10.2. The maximum atomic E-state index is 10.8. The van der Waals surface area contributed by atoms with Crippen molar-refractivity contribution in [2.45, 2.75) is 185 Å². The molecular formula is C37H66O5Si. The zero-order chi connectivity index (χ0) is 31.0. The Labute approximate surface area is 265 Å². The molecule has 2 aliphatic heterocycles. The molecule has 0 spiro atoms. The molecule has 5 atom stereocenters. The lowest BCUT2D eigenvalue weighted by atomic mass is 10.0. The van der Waals surface area contributed by atoms with Crippen molar-refractivity contribution in [3.8, 4) is 0 Å². The molecule has 6 heteroatoms. The lowest BCUT2D eigenvalue weighted by Crippen LogP contribution is -2.42. The van der Waals surface area contributed by atoms with E-state index >= 15 is 0 Å². The fraction of sp³-hybridized carbons (Fsp3) is 0.838. The van der Waals surface area contributed by atoms with Gasteiger partial charge in [0.25, 0.3) is 0 Å². The van der Waals surface area contributed by atoms with Crippen LogP contribution in [0.25, 0.3) is 0 Å². The Balaban J connectivity index is 1.09. The van der Waals surface area contributed by atoms with Crippen LogP contribution in [0.3, 0.4) is 0 Å². The van der Waals surface area contributed by atoms with Gasteiger partial charge in [-0.15, -0.1) is 0 Å². The molecule has 0 unspecified atom stereocenters. The summed E-state index contributed by atoms with van der Waals surface area (Å²) in [6, 6.07) is 10.4. The third-order valence-corrected chi connectivity index (χ3v) is 14.7. The van der Waals surface area contributed by atoms with Crippen LogP contribution in [0.4, 0.5) is 0 Å². The highest BCUT2D eigenvalue weighted by Crippen LogP contribution is 2.38. The van der Waals surface area contributed by atoms with Crippen molar-refractivity contribution in [1.82, 2.24) is 0 Å². The first-order valence-corrected chi connectivity index (χ1v) is 20.8. The minimum Gasteiger partial charge on any atom is -0.414 e. The van der Waals surface area contributed by atoms with Gasteiger partial charge in [-0.05, 0) is 62.2 Å². The molecular weight excluding hydrogens is 552 g/mol. The van der Waals surface area contributed by atoms with E-state index in [1.165, 1.54) is 76.2 Å². The van der Waals surface area contributed by atoms with Crippen LogP contribution >= 0.6 is 0 Å². The van der Waals surface area contributed by atoms with E-state index in [1.54, 1.807) is 0 Å². The Bertz CT molecular complexity index is 841. The van der Waals surface area contributed by atoms with E-state index < -0.39 is 8.32 Å². The Morgan fingerprint density at radius 3 is 1.95 bits per heavy atom. The smallest absolute Gasteiger partial charge is 0.192 e. The highest BCUT2D eigenvalue weighted by atomic mass is 28.4. The number of aliphatic hydroxyl groups is 1. The van der Waals surface area contributed by atoms with Crippen molar-refractivity contribution in [1.29, 1.82) is 0 Å². The Morgan fingerprint density at radius 2 is 1.33 bits per heavy atom. The second kappa shape index (κ2) is 19.7. The second-order valence-electron chi connectivity index (χ2n) is 14.9. The normalized spacial score (nSPS) is 23.7. The average molecular weight is 619 g/mol. The largest absolute Gasteiger partial charge is 0.414 e. The molecule has 1 aromatic rings. The monoisotopic (exact) mass is 618 g/mol. The van der Waals surface area contributed by atoms with Crippen LogP contribution < -0.4 is 0 Å². The van der Waals surface area contributed by atoms with Gasteiger partial charge in [-0.3, -0.25) is 0 Å². The summed E-state index contributed by atoms with van der Waals surface area (Å²) < 4.78 is 24.9. The molecule has 0 radical (unpaired) electrons. The molecule has 3 rings (SSSR count). The summed E-state index contributed by atoms with van der Waals surface area (Å²) in [6.45, 7) is 13.8. The molecule has 248 valence electrons. The van der Waals surface area contributed by atoms with Crippen LogP contribution in [-0.2, 0) is 25.2 Å². The quantitative estimate of drug-likeness (QED) is 0.104. The SMILES string of the molecule is CC(C)(C)[Si](C)(C)OC[C@H]1CC[C@H]([C@H]2CC[C@H]([C@H](O)CCCCCCCCCCCCCCOCc3ccccc3)O2)O1. The van der Waals surface area contributed by atoms with Gasteiger partial charge in [-0.1, -0.05) is 122 Å². The summed E-state index contributed by atoms with van der Waals surface area (Å²) in [5.41, 5.74) is 1.26. The Kier molecular flexibility index (Phi) is 16.8. The van der Waals surface area contributed by atoms with Crippen LogP contribution in [0.2, 0.25) is 18.1 Å². The fourth-order valence-electron chi connectivity index (χ4n) is 6.17. The van der Waals surface area contributed by atoms with Gasteiger partial charge in [0.2, 0.25) is 0 Å². The second-order valence-corrected chi connectivity index (χ2v) is 19.7. The fourth-order valence-corrected chi connectivity index (χ4v) is 7.20. The van der Waals surface area contributed by atoms with E-state index in [0.29, 0.717) is 6.61 Å². The van der Waals surface area contributed by atoms with Gasteiger partial charge in [0.15, 0.2) is 8.32 Å². The lowest BCUT2D eigenvalue weighted by Gasteiger charge is -2.37. The molecule has 0 aliphatic carbocycles. The molecule has 1 aromatic carbocycles. The van der Waals surface area contributed by atoms with E-state index in [1.807, 2.05) is 6.07 Å². The highest BCUT2D eigenvalue weighted by molar-refractivity contribution is 6.74. The first-order chi connectivity index (χ1) is 20.7. The first-order valence-electron chi connectivity index (χ1n) is 17.9. The molecule has 0 amide bonds. The van der Waals surface area contributed by atoms with E-state index in [9.17, 15) is 5.11 Å². The molecule has 1 N–H and O–H groups in total. The van der Waals surface area contributed by atoms with Crippen LogP contribution in [0.1, 0.15) is 135 Å². The molecule has 2 heterocycles. The summed E-state index contributed by atoms with van der Waals surface area (Å²) >= 11 is 0. The van der Waals surface area contributed by atoms with E-state index in [2.05, 4.69) is 58.1 Å². The minimum atomic E-state index is -1.74. The van der Waals surface area contributed by atoms with Crippen LogP contribution in [0.5, 0.6) is 0 Å². The predicted molar refractivity (Wildman–Crippen MR) is 181 cm³/mol. The number of ether oxygens (including phenoxy) is 3. The van der Waals surface area contributed by atoms with Gasteiger partial charge in [-0.2, -0.15) is 0 Å². The molecule has 0 bridgehead atoms. The number of rotatable bonds is 22. The third kappa shape index (κ3) is 14.0. The van der Waals surface area contributed by atoms with Crippen molar-refractivity contribution in [2.24, 2.45) is 0 Å². The van der Waals surface area contributed by atoms with Gasteiger partial charge in [-0.25, -0.2) is 0 Å².